The van der Waals surface area contributed by atoms with Crippen molar-refractivity contribution in [2.24, 2.45) is 0 Å². The summed E-state index contributed by atoms with van der Waals surface area (Å²) in [6, 6.07) is 13.2. The Morgan fingerprint density at radius 2 is 1.88 bits per heavy atom. The number of fused-ring (bicyclic) bond motifs is 1. The first kappa shape index (κ1) is 16.2. The third-order valence-corrected chi connectivity index (χ3v) is 3.32. The molecular formula is C17H12N2O6. The Hall–Kier alpha value is -3.68. The van der Waals surface area contributed by atoms with Gasteiger partial charge in [-0.3, -0.25) is 14.9 Å². The summed E-state index contributed by atoms with van der Waals surface area (Å²) in [6.45, 7) is -0.250. The molecule has 1 amide bonds. The topological polar surface area (TPSA) is 112 Å². The van der Waals surface area contributed by atoms with Gasteiger partial charge in [-0.05, 0) is 36.4 Å². The van der Waals surface area contributed by atoms with Crippen LogP contribution in [0.4, 0.5) is 11.4 Å². The van der Waals surface area contributed by atoms with Gasteiger partial charge in [0.25, 0.3) is 11.6 Å². The minimum absolute atomic E-state index is 0.0559. The van der Waals surface area contributed by atoms with Crippen LogP contribution >= 0.6 is 0 Å². The number of nitrogens with zero attached hydrogens (tertiary/aromatic N) is 1. The molecule has 0 bridgehead atoms. The van der Waals surface area contributed by atoms with Gasteiger partial charge in [-0.2, -0.15) is 0 Å². The lowest BCUT2D eigenvalue weighted by Crippen LogP contribution is -2.20. The van der Waals surface area contributed by atoms with Crippen molar-refractivity contribution in [3.05, 3.63) is 75.1 Å². The summed E-state index contributed by atoms with van der Waals surface area (Å²) in [6.07, 6.45) is 0. The number of hydrogen-bond donors (Lipinski definition) is 1. The number of non-ortho nitro benzene ring substituents is 1. The van der Waals surface area contributed by atoms with Crippen molar-refractivity contribution < 1.29 is 18.9 Å². The van der Waals surface area contributed by atoms with Crippen LogP contribution in [0.2, 0.25) is 0 Å². The van der Waals surface area contributed by atoms with Crippen LogP contribution in [0.5, 0.6) is 5.75 Å². The quantitative estimate of drug-likeness (QED) is 0.434. The molecule has 3 rings (SSSR count). The van der Waals surface area contributed by atoms with Crippen LogP contribution in [0, 0.1) is 10.1 Å². The van der Waals surface area contributed by atoms with Gasteiger partial charge in [0, 0.05) is 29.3 Å². The number of ether oxygens (including phenoxy) is 1. The molecule has 0 aliphatic rings. The number of nitro benzene ring substituents is 1. The van der Waals surface area contributed by atoms with Gasteiger partial charge in [0.05, 0.1) is 4.92 Å². The van der Waals surface area contributed by atoms with Crippen LogP contribution in [0.25, 0.3) is 11.0 Å². The Balaban J connectivity index is 1.61. The normalized spacial score (nSPS) is 10.4. The second-order valence-electron chi connectivity index (χ2n) is 5.09. The molecule has 0 saturated heterocycles. The number of benzene rings is 2. The van der Waals surface area contributed by atoms with Crippen molar-refractivity contribution in [2.45, 2.75) is 0 Å². The molecule has 0 fully saturated rings. The number of hydrogen-bond acceptors (Lipinski definition) is 6. The van der Waals surface area contributed by atoms with Gasteiger partial charge in [-0.25, -0.2) is 4.79 Å². The first-order valence-corrected chi connectivity index (χ1v) is 7.22. The maximum absolute atomic E-state index is 11.9. The molecule has 1 N–H and O–H groups in total. The fourth-order valence-corrected chi connectivity index (χ4v) is 2.16. The van der Waals surface area contributed by atoms with Crippen molar-refractivity contribution in [1.29, 1.82) is 0 Å². The molecular weight excluding hydrogens is 328 g/mol. The first-order valence-electron chi connectivity index (χ1n) is 7.22. The van der Waals surface area contributed by atoms with E-state index < -0.39 is 16.5 Å². The third kappa shape index (κ3) is 3.99. The van der Waals surface area contributed by atoms with Crippen LogP contribution in [0.15, 0.2) is 63.8 Å². The molecule has 0 aliphatic carbocycles. The van der Waals surface area contributed by atoms with Gasteiger partial charge in [-0.1, -0.05) is 0 Å². The average Bonchev–Trinajstić information content (AvgIpc) is 2.60. The SMILES string of the molecule is O=C(COc1ccc([N+](=O)[O-])cc1)Nc1ccc2oc(=O)ccc2c1. The predicted molar refractivity (Wildman–Crippen MR) is 89.7 cm³/mol. The highest BCUT2D eigenvalue weighted by Gasteiger charge is 2.08. The Kier molecular flexibility index (Phi) is 4.42. The molecule has 0 radical (unpaired) electrons. The minimum atomic E-state index is -0.516. The fraction of sp³-hybridized carbons (Fsp3) is 0.0588. The molecule has 3 aromatic rings. The third-order valence-electron chi connectivity index (χ3n) is 3.32. The highest BCUT2D eigenvalue weighted by Crippen LogP contribution is 2.19. The van der Waals surface area contributed by atoms with Gasteiger partial charge in [0.15, 0.2) is 6.61 Å². The zero-order valence-corrected chi connectivity index (χ0v) is 12.8. The van der Waals surface area contributed by atoms with Crippen molar-refractivity contribution in [2.75, 3.05) is 11.9 Å². The first-order chi connectivity index (χ1) is 12.0. The van der Waals surface area contributed by atoms with E-state index in [0.29, 0.717) is 22.4 Å². The van der Waals surface area contributed by atoms with Gasteiger partial charge in [0.2, 0.25) is 0 Å². The van der Waals surface area contributed by atoms with Crippen LogP contribution in [0.3, 0.4) is 0 Å². The second kappa shape index (κ2) is 6.83. The Labute approximate surface area is 140 Å². The summed E-state index contributed by atoms with van der Waals surface area (Å²) in [5, 5.41) is 13.9. The minimum Gasteiger partial charge on any atom is -0.484 e. The largest absolute Gasteiger partial charge is 0.484 e. The summed E-state index contributed by atoms with van der Waals surface area (Å²) in [5.41, 5.74) is 0.451. The zero-order valence-electron chi connectivity index (χ0n) is 12.8. The van der Waals surface area contributed by atoms with Crippen LogP contribution in [-0.4, -0.2) is 17.4 Å². The van der Waals surface area contributed by atoms with Gasteiger partial charge >= 0.3 is 5.63 Å². The van der Waals surface area contributed by atoms with Crippen molar-refractivity contribution >= 4 is 28.3 Å². The van der Waals surface area contributed by atoms with Crippen LogP contribution in [0.1, 0.15) is 0 Å². The Bertz CT molecular complexity index is 994. The highest BCUT2D eigenvalue weighted by atomic mass is 16.6. The number of nitro groups is 1. The molecule has 1 heterocycles. The number of rotatable bonds is 5. The number of carbonyl (C=O) groups is 1. The zero-order chi connectivity index (χ0) is 17.8. The van der Waals surface area contributed by atoms with Crippen LogP contribution in [-0.2, 0) is 4.79 Å². The van der Waals surface area contributed by atoms with E-state index in [1.165, 1.54) is 30.3 Å². The number of carbonyl (C=O) groups excluding carboxylic acids is 1. The number of anilines is 1. The van der Waals surface area contributed by atoms with Crippen molar-refractivity contribution in [3.63, 3.8) is 0 Å². The standard InChI is InChI=1S/C17H12N2O6/c20-16(10-24-14-5-3-13(4-6-14)19(22)23)18-12-2-7-15-11(9-12)1-8-17(21)25-15/h1-9H,10H2,(H,18,20). The lowest BCUT2D eigenvalue weighted by Gasteiger charge is -2.08. The molecule has 0 saturated carbocycles. The van der Waals surface area contributed by atoms with E-state index in [1.54, 1.807) is 24.3 Å². The second-order valence-corrected chi connectivity index (χ2v) is 5.09. The fourth-order valence-electron chi connectivity index (χ4n) is 2.16. The molecule has 8 heteroatoms. The summed E-state index contributed by atoms with van der Waals surface area (Å²) in [4.78, 5) is 33.1. The average molecular weight is 340 g/mol. The van der Waals surface area contributed by atoms with E-state index in [1.807, 2.05) is 0 Å². The van der Waals surface area contributed by atoms with Gasteiger partial charge in [-0.15, -0.1) is 0 Å². The van der Waals surface area contributed by atoms with Gasteiger partial charge in [0.1, 0.15) is 11.3 Å². The van der Waals surface area contributed by atoms with Crippen molar-refractivity contribution in [1.82, 2.24) is 0 Å². The number of amides is 1. The maximum Gasteiger partial charge on any atom is 0.336 e. The van der Waals surface area contributed by atoms with E-state index >= 15 is 0 Å². The summed E-state index contributed by atoms with van der Waals surface area (Å²) in [7, 11) is 0. The molecule has 126 valence electrons. The molecule has 2 aromatic carbocycles. The van der Waals surface area contributed by atoms with E-state index in [-0.39, 0.29) is 12.3 Å². The maximum atomic E-state index is 11.9. The molecule has 0 spiro atoms. The lowest BCUT2D eigenvalue weighted by atomic mass is 10.2. The smallest absolute Gasteiger partial charge is 0.336 e. The van der Waals surface area contributed by atoms with E-state index in [9.17, 15) is 19.7 Å². The number of nitrogens with one attached hydrogen (secondary N) is 1. The summed E-state index contributed by atoms with van der Waals surface area (Å²) in [5.74, 6) is -0.0453. The van der Waals surface area contributed by atoms with E-state index in [4.69, 9.17) is 9.15 Å². The van der Waals surface area contributed by atoms with Crippen molar-refractivity contribution in [3.8, 4) is 5.75 Å². The lowest BCUT2D eigenvalue weighted by molar-refractivity contribution is -0.384. The molecule has 8 nitrogen and oxygen atoms in total. The molecule has 1 aromatic heterocycles. The molecule has 0 atom stereocenters. The van der Waals surface area contributed by atoms with Gasteiger partial charge < -0.3 is 14.5 Å². The van der Waals surface area contributed by atoms with E-state index in [2.05, 4.69) is 5.32 Å². The monoisotopic (exact) mass is 340 g/mol. The Morgan fingerprint density at radius 1 is 1.12 bits per heavy atom. The summed E-state index contributed by atoms with van der Waals surface area (Å²) < 4.78 is 10.3. The predicted octanol–water partition coefficient (Wildman–Crippen LogP) is 2.72. The van der Waals surface area contributed by atoms with Crippen LogP contribution < -0.4 is 15.7 Å². The molecule has 0 unspecified atom stereocenters. The Morgan fingerprint density at radius 3 is 2.60 bits per heavy atom. The highest BCUT2D eigenvalue weighted by molar-refractivity contribution is 5.94. The van der Waals surface area contributed by atoms with E-state index in [0.717, 1.165) is 0 Å². The molecule has 25 heavy (non-hydrogen) atoms. The molecule has 0 aliphatic heterocycles. The summed E-state index contributed by atoms with van der Waals surface area (Å²) >= 11 is 0.